The zero-order valence-electron chi connectivity index (χ0n) is 7.43. The van der Waals surface area contributed by atoms with Crippen molar-refractivity contribution in [2.24, 2.45) is 5.73 Å². The molecule has 0 unspecified atom stereocenters. The number of alkyl halides is 1. The molecule has 12 heavy (non-hydrogen) atoms. The molecule has 1 aliphatic carbocycles. The van der Waals surface area contributed by atoms with E-state index in [1.807, 2.05) is 0 Å². The molecular formula is C9H18FNO. The third kappa shape index (κ3) is 2.72. The van der Waals surface area contributed by atoms with Crippen molar-refractivity contribution in [3.63, 3.8) is 0 Å². The van der Waals surface area contributed by atoms with Crippen LogP contribution in [0.25, 0.3) is 0 Å². The summed E-state index contributed by atoms with van der Waals surface area (Å²) in [4.78, 5) is 0. The van der Waals surface area contributed by atoms with E-state index in [1.165, 1.54) is 0 Å². The highest BCUT2D eigenvalue weighted by atomic mass is 19.1. The second-order valence-electron chi connectivity index (χ2n) is 3.89. The Morgan fingerprint density at radius 3 is 2.50 bits per heavy atom. The first-order valence-electron chi connectivity index (χ1n) is 4.69. The molecule has 2 nitrogen and oxygen atoms in total. The van der Waals surface area contributed by atoms with E-state index in [-0.39, 0.29) is 18.3 Å². The first-order chi connectivity index (χ1) is 5.66. The summed E-state index contributed by atoms with van der Waals surface area (Å²) in [5, 5.41) is 9.24. The van der Waals surface area contributed by atoms with Crippen LogP contribution in [0, 0.1) is 0 Å². The number of aliphatic hydroxyl groups excluding tert-OH is 1. The highest BCUT2D eigenvalue weighted by molar-refractivity contribution is 4.89. The van der Waals surface area contributed by atoms with Crippen molar-refractivity contribution in [2.45, 2.75) is 50.2 Å². The molecule has 0 radical (unpaired) electrons. The van der Waals surface area contributed by atoms with Crippen LogP contribution in [0.3, 0.4) is 0 Å². The second-order valence-corrected chi connectivity index (χ2v) is 3.89. The van der Waals surface area contributed by atoms with Gasteiger partial charge in [0.15, 0.2) is 0 Å². The molecule has 0 saturated heterocycles. The van der Waals surface area contributed by atoms with Gasteiger partial charge in [-0.3, -0.25) is 4.39 Å². The maximum atomic E-state index is 11.9. The molecule has 1 saturated carbocycles. The molecule has 0 aromatic rings. The van der Waals surface area contributed by atoms with Crippen LogP contribution in [-0.2, 0) is 0 Å². The van der Waals surface area contributed by atoms with Gasteiger partial charge in [0.05, 0.1) is 12.8 Å². The normalized spacial score (nSPS) is 36.8. The minimum absolute atomic E-state index is 0.174. The first kappa shape index (κ1) is 9.93. The van der Waals surface area contributed by atoms with Gasteiger partial charge in [-0.1, -0.05) is 0 Å². The lowest BCUT2D eigenvalue weighted by Crippen LogP contribution is -2.44. The van der Waals surface area contributed by atoms with E-state index in [0.29, 0.717) is 6.42 Å². The monoisotopic (exact) mass is 175 g/mol. The van der Waals surface area contributed by atoms with Crippen LogP contribution in [0.4, 0.5) is 4.39 Å². The molecule has 1 rings (SSSR count). The van der Waals surface area contributed by atoms with Crippen LogP contribution < -0.4 is 5.73 Å². The van der Waals surface area contributed by atoms with Crippen LogP contribution in [0.1, 0.15) is 38.5 Å². The van der Waals surface area contributed by atoms with Crippen molar-refractivity contribution >= 4 is 0 Å². The van der Waals surface area contributed by atoms with Gasteiger partial charge in [0.25, 0.3) is 0 Å². The van der Waals surface area contributed by atoms with Crippen molar-refractivity contribution < 1.29 is 9.50 Å². The number of nitrogens with two attached hydrogens (primary N) is 1. The van der Waals surface area contributed by atoms with E-state index in [4.69, 9.17) is 5.73 Å². The third-order valence-electron chi connectivity index (χ3n) is 2.76. The first-order valence-corrected chi connectivity index (χ1v) is 4.69. The quantitative estimate of drug-likeness (QED) is 0.680. The third-order valence-corrected chi connectivity index (χ3v) is 2.76. The fraction of sp³-hybridized carbons (Fsp3) is 1.00. The molecule has 0 aliphatic heterocycles. The average molecular weight is 175 g/mol. The Bertz CT molecular complexity index is 127. The minimum Gasteiger partial charge on any atom is -0.393 e. The predicted octanol–water partition coefficient (Wildman–Crippen LogP) is 1.37. The molecule has 0 bridgehead atoms. The predicted molar refractivity (Wildman–Crippen MR) is 46.6 cm³/mol. The Kier molecular flexibility index (Phi) is 3.47. The Hall–Kier alpha value is -0.150. The van der Waals surface area contributed by atoms with E-state index in [9.17, 15) is 9.50 Å². The number of halogens is 1. The fourth-order valence-corrected chi connectivity index (χ4v) is 1.85. The zero-order chi connectivity index (χ0) is 9.03. The van der Waals surface area contributed by atoms with Gasteiger partial charge in [0, 0.05) is 5.54 Å². The summed E-state index contributed by atoms with van der Waals surface area (Å²) in [6.07, 6.45) is 4.39. The maximum absolute atomic E-state index is 11.9. The number of hydrogen-bond donors (Lipinski definition) is 2. The fourth-order valence-electron chi connectivity index (χ4n) is 1.85. The molecule has 0 aromatic carbocycles. The lowest BCUT2D eigenvalue weighted by molar-refractivity contribution is 0.0930. The Balaban J connectivity index is 2.29. The summed E-state index contributed by atoms with van der Waals surface area (Å²) in [6, 6.07) is 0. The van der Waals surface area contributed by atoms with Crippen molar-refractivity contribution in [3.8, 4) is 0 Å². The topological polar surface area (TPSA) is 46.2 Å². The van der Waals surface area contributed by atoms with E-state index in [0.717, 1.165) is 32.1 Å². The Labute approximate surface area is 73.0 Å². The maximum Gasteiger partial charge on any atom is 0.0895 e. The van der Waals surface area contributed by atoms with Gasteiger partial charge in [-0.2, -0.15) is 0 Å². The summed E-state index contributed by atoms with van der Waals surface area (Å²) in [5.41, 5.74) is 5.84. The van der Waals surface area contributed by atoms with Gasteiger partial charge in [0.2, 0.25) is 0 Å². The molecule has 72 valence electrons. The standard InChI is InChI=1S/C9H18FNO/c10-7-1-4-9(11)5-2-8(12)3-6-9/h8,12H,1-7,11H2. The van der Waals surface area contributed by atoms with Crippen molar-refractivity contribution in [2.75, 3.05) is 6.67 Å². The summed E-state index contributed by atoms with van der Waals surface area (Å²) in [7, 11) is 0. The SMILES string of the molecule is NC1(CCCF)CCC(O)CC1. The molecule has 0 aromatic heterocycles. The summed E-state index contributed by atoms with van der Waals surface area (Å²) in [6.45, 7) is -0.276. The molecule has 0 spiro atoms. The lowest BCUT2D eigenvalue weighted by atomic mass is 9.78. The van der Waals surface area contributed by atoms with Crippen molar-refractivity contribution in [3.05, 3.63) is 0 Å². The molecule has 1 fully saturated rings. The van der Waals surface area contributed by atoms with E-state index >= 15 is 0 Å². The molecule has 0 amide bonds. The van der Waals surface area contributed by atoms with Crippen molar-refractivity contribution in [1.82, 2.24) is 0 Å². The number of aliphatic hydroxyl groups is 1. The van der Waals surface area contributed by atoms with Gasteiger partial charge in [0.1, 0.15) is 0 Å². The highest BCUT2D eigenvalue weighted by Gasteiger charge is 2.30. The Morgan fingerprint density at radius 1 is 1.42 bits per heavy atom. The molecular weight excluding hydrogens is 157 g/mol. The van der Waals surface area contributed by atoms with Crippen molar-refractivity contribution in [1.29, 1.82) is 0 Å². The van der Waals surface area contributed by atoms with Gasteiger partial charge in [-0.15, -0.1) is 0 Å². The zero-order valence-corrected chi connectivity index (χ0v) is 7.43. The van der Waals surface area contributed by atoms with E-state index in [2.05, 4.69) is 0 Å². The van der Waals surface area contributed by atoms with Crippen LogP contribution in [0.5, 0.6) is 0 Å². The summed E-state index contributed by atoms with van der Waals surface area (Å²) < 4.78 is 11.9. The molecule has 3 heteroatoms. The summed E-state index contributed by atoms with van der Waals surface area (Å²) in [5.74, 6) is 0. The average Bonchev–Trinajstić information content (AvgIpc) is 2.08. The largest absolute Gasteiger partial charge is 0.393 e. The van der Waals surface area contributed by atoms with Gasteiger partial charge < -0.3 is 10.8 Å². The second kappa shape index (κ2) is 4.19. The Morgan fingerprint density at radius 2 is 2.00 bits per heavy atom. The van der Waals surface area contributed by atoms with Crippen LogP contribution in [0.15, 0.2) is 0 Å². The molecule has 1 aliphatic rings. The molecule has 3 N–H and O–H groups in total. The highest BCUT2D eigenvalue weighted by Crippen LogP contribution is 2.29. The van der Waals surface area contributed by atoms with Gasteiger partial charge in [-0.05, 0) is 38.5 Å². The van der Waals surface area contributed by atoms with Gasteiger partial charge >= 0.3 is 0 Å². The lowest BCUT2D eigenvalue weighted by Gasteiger charge is -2.35. The number of hydrogen-bond acceptors (Lipinski definition) is 2. The van der Waals surface area contributed by atoms with Crippen LogP contribution in [0.2, 0.25) is 0 Å². The molecule has 0 atom stereocenters. The van der Waals surface area contributed by atoms with Crippen LogP contribution in [-0.4, -0.2) is 23.4 Å². The van der Waals surface area contributed by atoms with E-state index < -0.39 is 0 Å². The van der Waals surface area contributed by atoms with E-state index in [1.54, 1.807) is 0 Å². The molecule has 0 heterocycles. The van der Waals surface area contributed by atoms with Gasteiger partial charge in [-0.25, -0.2) is 0 Å². The number of rotatable bonds is 3. The van der Waals surface area contributed by atoms with Crippen LogP contribution >= 0.6 is 0 Å². The smallest absolute Gasteiger partial charge is 0.0895 e. The minimum atomic E-state index is -0.276. The summed E-state index contributed by atoms with van der Waals surface area (Å²) >= 11 is 0.